The van der Waals surface area contributed by atoms with Gasteiger partial charge in [0.15, 0.2) is 0 Å². The third-order valence-corrected chi connectivity index (χ3v) is 6.85. The highest BCUT2D eigenvalue weighted by molar-refractivity contribution is 7.92. The van der Waals surface area contributed by atoms with Gasteiger partial charge in [-0.15, -0.1) is 0 Å². The second kappa shape index (κ2) is 8.32. The first-order chi connectivity index (χ1) is 14.4. The molecule has 6 heteroatoms. The minimum Gasteiger partial charge on any atom is -0.345 e. The Morgan fingerprint density at radius 3 is 2.50 bits per heavy atom. The van der Waals surface area contributed by atoms with Crippen molar-refractivity contribution in [2.24, 2.45) is 0 Å². The van der Waals surface area contributed by atoms with E-state index in [1.54, 1.807) is 36.4 Å². The molecule has 3 aromatic carbocycles. The van der Waals surface area contributed by atoms with Gasteiger partial charge in [0.25, 0.3) is 15.9 Å². The molecule has 0 unspecified atom stereocenters. The summed E-state index contributed by atoms with van der Waals surface area (Å²) in [6.07, 6.45) is 2.94. The lowest BCUT2D eigenvalue weighted by atomic mass is 9.87. The van der Waals surface area contributed by atoms with Crippen LogP contribution in [-0.4, -0.2) is 14.3 Å². The van der Waals surface area contributed by atoms with Crippen LogP contribution in [0.5, 0.6) is 0 Å². The smallest absolute Gasteiger partial charge is 0.261 e. The van der Waals surface area contributed by atoms with Gasteiger partial charge in [0.2, 0.25) is 0 Å². The lowest BCUT2D eigenvalue weighted by molar-refractivity contribution is 0.0932. The van der Waals surface area contributed by atoms with Crippen molar-refractivity contribution >= 4 is 21.6 Å². The number of sulfonamides is 1. The van der Waals surface area contributed by atoms with E-state index in [2.05, 4.69) is 22.2 Å². The quantitative estimate of drug-likeness (QED) is 0.633. The number of hydrogen-bond donors (Lipinski definition) is 2. The third kappa shape index (κ3) is 4.24. The van der Waals surface area contributed by atoms with E-state index in [9.17, 15) is 13.2 Å². The van der Waals surface area contributed by atoms with Gasteiger partial charge in [-0.2, -0.15) is 0 Å². The first-order valence-electron chi connectivity index (χ1n) is 10.0. The zero-order valence-electron chi connectivity index (χ0n) is 16.8. The number of carbonyl (C=O) groups is 1. The number of aryl methyl sites for hydroxylation is 2. The predicted octanol–water partition coefficient (Wildman–Crippen LogP) is 4.60. The van der Waals surface area contributed by atoms with Gasteiger partial charge in [0.1, 0.15) is 0 Å². The summed E-state index contributed by atoms with van der Waals surface area (Å²) in [6.45, 7) is 1.81. The summed E-state index contributed by atoms with van der Waals surface area (Å²) in [4.78, 5) is 13.1. The molecule has 1 aliphatic rings. The number of amides is 1. The fourth-order valence-corrected chi connectivity index (χ4v) is 4.96. The minimum absolute atomic E-state index is 0.0341. The molecule has 0 heterocycles. The Hall–Kier alpha value is -3.12. The van der Waals surface area contributed by atoms with E-state index < -0.39 is 10.0 Å². The molecule has 154 valence electrons. The molecule has 0 aliphatic heterocycles. The van der Waals surface area contributed by atoms with Gasteiger partial charge in [0, 0.05) is 5.56 Å². The predicted molar refractivity (Wildman–Crippen MR) is 118 cm³/mol. The van der Waals surface area contributed by atoms with Crippen LogP contribution >= 0.6 is 0 Å². The summed E-state index contributed by atoms with van der Waals surface area (Å²) in [5.74, 6) is -0.211. The molecule has 3 aromatic rings. The molecular formula is C24H24N2O3S. The summed E-state index contributed by atoms with van der Waals surface area (Å²) < 4.78 is 28.0. The number of benzene rings is 3. The zero-order chi connectivity index (χ0) is 21.1. The van der Waals surface area contributed by atoms with Crippen LogP contribution < -0.4 is 10.0 Å². The number of carbonyl (C=O) groups excluding carboxylic acids is 1. The first kappa shape index (κ1) is 20.2. The molecule has 0 saturated heterocycles. The fourth-order valence-electron chi connectivity index (χ4n) is 3.82. The van der Waals surface area contributed by atoms with Crippen LogP contribution in [0.15, 0.2) is 77.7 Å². The summed E-state index contributed by atoms with van der Waals surface area (Å²) in [6, 6.07) is 21.4. The number of anilines is 1. The molecule has 0 bridgehead atoms. The Balaban J connectivity index is 1.56. The van der Waals surface area contributed by atoms with Crippen LogP contribution in [0.1, 0.15) is 45.9 Å². The number of fused-ring (bicyclic) bond motifs is 1. The van der Waals surface area contributed by atoms with Gasteiger partial charge in [0.05, 0.1) is 16.6 Å². The largest absolute Gasteiger partial charge is 0.345 e. The maximum Gasteiger partial charge on any atom is 0.261 e. The number of nitrogens with one attached hydrogen (secondary N) is 2. The Kier molecular flexibility index (Phi) is 5.59. The normalized spacial score (nSPS) is 15.8. The van der Waals surface area contributed by atoms with E-state index in [0.29, 0.717) is 11.3 Å². The average molecular weight is 421 g/mol. The molecule has 0 fully saturated rings. The van der Waals surface area contributed by atoms with Gasteiger partial charge >= 0.3 is 0 Å². The van der Waals surface area contributed by atoms with Gasteiger partial charge in [-0.3, -0.25) is 9.52 Å². The van der Waals surface area contributed by atoms with Gasteiger partial charge in [-0.25, -0.2) is 8.42 Å². The minimum atomic E-state index is -3.73. The molecule has 2 N–H and O–H groups in total. The van der Waals surface area contributed by atoms with Gasteiger partial charge in [-0.1, -0.05) is 48.5 Å². The SMILES string of the molecule is Cc1ccc(C(=O)N[C@@H]2CCCc3ccccc32)cc1NS(=O)(=O)c1ccccc1. The van der Waals surface area contributed by atoms with E-state index in [1.165, 1.54) is 17.7 Å². The molecular weight excluding hydrogens is 396 g/mol. The van der Waals surface area contributed by atoms with Crippen molar-refractivity contribution in [2.45, 2.75) is 37.1 Å². The van der Waals surface area contributed by atoms with Crippen LogP contribution in [0, 0.1) is 6.92 Å². The van der Waals surface area contributed by atoms with Crippen molar-refractivity contribution in [2.75, 3.05) is 4.72 Å². The van der Waals surface area contributed by atoms with Crippen molar-refractivity contribution in [3.63, 3.8) is 0 Å². The van der Waals surface area contributed by atoms with E-state index in [4.69, 9.17) is 0 Å². The highest BCUT2D eigenvalue weighted by Crippen LogP contribution is 2.30. The van der Waals surface area contributed by atoms with Crippen molar-refractivity contribution in [1.82, 2.24) is 5.32 Å². The summed E-state index contributed by atoms with van der Waals surface area (Å²) in [7, 11) is -3.73. The lowest BCUT2D eigenvalue weighted by Gasteiger charge is -2.26. The molecule has 0 saturated carbocycles. The zero-order valence-corrected chi connectivity index (χ0v) is 17.6. The topological polar surface area (TPSA) is 75.3 Å². The molecule has 0 spiro atoms. The highest BCUT2D eigenvalue weighted by Gasteiger charge is 2.22. The van der Waals surface area contributed by atoms with Crippen LogP contribution in [-0.2, 0) is 16.4 Å². The molecule has 5 nitrogen and oxygen atoms in total. The van der Waals surface area contributed by atoms with Gasteiger partial charge < -0.3 is 5.32 Å². The highest BCUT2D eigenvalue weighted by atomic mass is 32.2. The van der Waals surface area contributed by atoms with Crippen LogP contribution in [0.2, 0.25) is 0 Å². The second-order valence-electron chi connectivity index (χ2n) is 7.57. The van der Waals surface area contributed by atoms with E-state index in [1.807, 2.05) is 19.1 Å². The van der Waals surface area contributed by atoms with Gasteiger partial charge in [-0.05, 0) is 67.1 Å². The summed E-state index contributed by atoms with van der Waals surface area (Å²) in [5.41, 5.74) is 4.00. The molecule has 0 aromatic heterocycles. The van der Waals surface area contributed by atoms with Crippen LogP contribution in [0.25, 0.3) is 0 Å². The van der Waals surface area contributed by atoms with Crippen LogP contribution in [0.4, 0.5) is 5.69 Å². The Bertz CT molecular complexity index is 1170. The fraction of sp³-hybridized carbons (Fsp3) is 0.208. The molecule has 1 atom stereocenters. The summed E-state index contributed by atoms with van der Waals surface area (Å²) >= 11 is 0. The van der Waals surface area contributed by atoms with E-state index in [-0.39, 0.29) is 16.8 Å². The van der Waals surface area contributed by atoms with Crippen molar-refractivity contribution in [3.8, 4) is 0 Å². The molecule has 1 aliphatic carbocycles. The second-order valence-corrected chi connectivity index (χ2v) is 9.25. The Labute approximate surface area is 177 Å². The summed E-state index contributed by atoms with van der Waals surface area (Å²) in [5, 5.41) is 3.12. The maximum absolute atomic E-state index is 12.9. The first-order valence-corrected chi connectivity index (χ1v) is 11.5. The van der Waals surface area contributed by atoms with Crippen molar-refractivity contribution in [1.29, 1.82) is 0 Å². The van der Waals surface area contributed by atoms with E-state index in [0.717, 1.165) is 30.4 Å². The molecule has 0 radical (unpaired) electrons. The standard InChI is InChI=1S/C24H24N2O3S/c1-17-14-15-19(16-23(17)26-30(28,29)20-10-3-2-4-11-20)24(27)25-22-13-7-9-18-8-5-6-12-21(18)22/h2-6,8,10-12,14-16,22,26H,7,9,13H2,1H3,(H,25,27)/t22-/m1/s1. The molecule has 4 rings (SSSR count). The third-order valence-electron chi connectivity index (χ3n) is 5.47. The molecule has 30 heavy (non-hydrogen) atoms. The van der Waals surface area contributed by atoms with Crippen molar-refractivity contribution in [3.05, 3.63) is 95.1 Å². The van der Waals surface area contributed by atoms with E-state index >= 15 is 0 Å². The Morgan fingerprint density at radius 2 is 1.70 bits per heavy atom. The monoisotopic (exact) mass is 420 g/mol. The lowest BCUT2D eigenvalue weighted by Crippen LogP contribution is -2.31. The average Bonchev–Trinajstić information content (AvgIpc) is 2.76. The number of rotatable bonds is 5. The number of hydrogen-bond acceptors (Lipinski definition) is 3. The maximum atomic E-state index is 12.9. The Morgan fingerprint density at radius 1 is 0.967 bits per heavy atom. The van der Waals surface area contributed by atoms with Crippen molar-refractivity contribution < 1.29 is 13.2 Å². The van der Waals surface area contributed by atoms with Crippen LogP contribution in [0.3, 0.4) is 0 Å². The molecule has 1 amide bonds.